The summed E-state index contributed by atoms with van der Waals surface area (Å²) in [5, 5.41) is 0. The smallest absolute Gasteiger partial charge is 0.460 e. The van der Waals surface area contributed by atoms with Gasteiger partial charge in [0.25, 0.3) is 0 Å². The first kappa shape index (κ1) is 25.0. The molecule has 29 heavy (non-hydrogen) atoms. The summed E-state index contributed by atoms with van der Waals surface area (Å²) in [4.78, 5) is 0. The molecule has 1 aromatic heterocycles. The Morgan fingerprint density at radius 1 is 0.931 bits per heavy atom. The number of fused-ring (bicyclic) bond motifs is 1. The second-order valence-corrected chi connectivity index (χ2v) is 7.26. The number of rotatable bonds is 3. The van der Waals surface area contributed by atoms with Crippen LogP contribution in [-0.2, 0) is 30.1 Å². The van der Waals surface area contributed by atoms with E-state index in [1.807, 2.05) is 0 Å². The van der Waals surface area contributed by atoms with Gasteiger partial charge in [-0.05, 0) is 12.1 Å². The van der Waals surface area contributed by atoms with Crippen molar-refractivity contribution < 1.29 is 57.1 Å². The third-order valence-corrected chi connectivity index (χ3v) is 3.67. The number of para-hydroxylation sites is 2. The van der Waals surface area contributed by atoms with Gasteiger partial charge in [0, 0.05) is 6.26 Å². The van der Waals surface area contributed by atoms with E-state index in [4.69, 9.17) is 13.0 Å². The highest BCUT2D eigenvalue weighted by Gasteiger charge is 2.84. The highest BCUT2D eigenvalue weighted by Crippen LogP contribution is 2.56. The first-order valence-corrected chi connectivity index (χ1v) is 9.04. The van der Waals surface area contributed by atoms with E-state index in [0.29, 0.717) is 15.4 Å². The van der Waals surface area contributed by atoms with Gasteiger partial charge in [0.2, 0.25) is 0 Å². The minimum Gasteiger partial charge on any atom is -0.748 e. The van der Waals surface area contributed by atoms with Crippen LogP contribution in [0.1, 0.15) is 5.82 Å². The van der Waals surface area contributed by atoms with Crippen molar-refractivity contribution >= 4 is 21.2 Å². The quantitative estimate of drug-likeness (QED) is 0.402. The molecule has 0 aliphatic heterocycles. The third-order valence-electron chi connectivity index (χ3n) is 3.67. The van der Waals surface area contributed by atoms with Gasteiger partial charge in [-0.1, -0.05) is 12.1 Å². The summed E-state index contributed by atoms with van der Waals surface area (Å²) in [6.07, 6.45) is -6.24. The average Bonchev–Trinajstić information content (AvgIpc) is 2.76. The monoisotopic (exact) mass is 460 g/mol. The van der Waals surface area contributed by atoms with Crippen molar-refractivity contribution in [3.8, 4) is 0 Å². The van der Waals surface area contributed by atoms with Gasteiger partial charge in [0.15, 0.2) is 11.0 Å². The number of halogens is 9. The Hall–Kier alpha value is -2.03. The molecule has 2 rings (SSSR count). The number of imidazole rings is 1. The molecule has 0 atom stereocenters. The highest BCUT2D eigenvalue weighted by atomic mass is 32.2. The summed E-state index contributed by atoms with van der Waals surface area (Å²) in [6, 6.07) is 5.20. The molecule has 0 saturated heterocycles. The average molecular weight is 460 g/mol. The predicted molar refractivity (Wildman–Crippen MR) is 79.6 cm³/mol. The lowest BCUT2D eigenvalue weighted by atomic mass is 10.0. The van der Waals surface area contributed by atoms with E-state index in [9.17, 15) is 39.5 Å². The highest BCUT2D eigenvalue weighted by molar-refractivity contribution is 7.84. The fourth-order valence-corrected chi connectivity index (χ4v) is 2.42. The number of hydrogen-bond donors (Lipinski definition) is 0. The molecule has 166 valence electrons. The maximum atomic E-state index is 14.1. The second-order valence-electron chi connectivity index (χ2n) is 5.86. The Bertz CT molecular complexity index is 951. The lowest BCUT2D eigenvalue weighted by Gasteiger charge is -2.31. The number of aromatic nitrogens is 2. The van der Waals surface area contributed by atoms with Crippen LogP contribution in [0.5, 0.6) is 0 Å². The third kappa shape index (κ3) is 4.44. The molecular weight excluding hydrogens is 447 g/mol. The van der Waals surface area contributed by atoms with Crippen LogP contribution in [0.15, 0.2) is 24.3 Å². The van der Waals surface area contributed by atoms with Gasteiger partial charge < -0.3 is 4.55 Å². The molecule has 0 amide bonds. The molecule has 0 unspecified atom stereocenters. The molecule has 0 spiro atoms. The van der Waals surface area contributed by atoms with Crippen LogP contribution in [0, 0.1) is 0 Å². The van der Waals surface area contributed by atoms with Crippen molar-refractivity contribution in [3.05, 3.63) is 30.1 Å². The van der Waals surface area contributed by atoms with E-state index < -0.39 is 39.9 Å². The van der Waals surface area contributed by atoms with E-state index in [-0.39, 0.29) is 11.0 Å². The van der Waals surface area contributed by atoms with Crippen molar-refractivity contribution in [2.45, 2.75) is 23.9 Å². The maximum absolute atomic E-state index is 14.1. The molecule has 0 N–H and O–H groups in total. The van der Waals surface area contributed by atoms with Crippen molar-refractivity contribution in [2.75, 3.05) is 6.26 Å². The van der Waals surface area contributed by atoms with Crippen molar-refractivity contribution in [1.29, 1.82) is 0 Å². The summed E-state index contributed by atoms with van der Waals surface area (Å²) < 4.78 is 146. The van der Waals surface area contributed by atoms with Crippen LogP contribution in [0.3, 0.4) is 0 Å². The molecule has 0 fully saturated rings. The van der Waals surface area contributed by atoms with E-state index in [1.54, 1.807) is 0 Å². The molecule has 0 saturated carbocycles. The van der Waals surface area contributed by atoms with E-state index in [1.165, 1.54) is 24.3 Å². The van der Waals surface area contributed by atoms with Crippen molar-refractivity contribution in [2.24, 2.45) is 14.1 Å². The van der Waals surface area contributed by atoms with E-state index in [2.05, 4.69) is 0 Å². The van der Waals surface area contributed by atoms with Crippen LogP contribution >= 0.6 is 0 Å². The zero-order valence-electron chi connectivity index (χ0n) is 14.7. The molecular formula is C14H13F9N2O3S. The fraction of sp³-hybridized carbons (Fsp3) is 0.500. The van der Waals surface area contributed by atoms with E-state index in [0.717, 1.165) is 14.1 Å². The molecule has 2 aromatic rings. The van der Waals surface area contributed by atoms with Gasteiger partial charge in [-0.25, -0.2) is 17.6 Å². The zero-order chi connectivity index (χ0) is 23.2. The second kappa shape index (κ2) is 7.34. The van der Waals surface area contributed by atoms with Gasteiger partial charge in [0.1, 0.15) is 0 Å². The summed E-state index contributed by atoms with van der Waals surface area (Å²) in [5.74, 6) is -21.1. The van der Waals surface area contributed by atoms with Gasteiger partial charge in [-0.15, -0.1) is 0 Å². The van der Waals surface area contributed by atoms with Crippen molar-refractivity contribution in [1.82, 2.24) is 4.57 Å². The molecule has 0 bridgehead atoms. The molecule has 1 heterocycles. The normalized spacial score (nSPS) is 14.0. The first-order valence-electron chi connectivity index (χ1n) is 7.23. The van der Waals surface area contributed by atoms with Gasteiger partial charge >= 0.3 is 29.8 Å². The number of aryl methyl sites for hydroxylation is 2. The minimum absolute atomic E-state index is 0.0409. The Morgan fingerprint density at radius 3 is 1.72 bits per heavy atom. The van der Waals surface area contributed by atoms with Gasteiger partial charge in [0.05, 0.1) is 24.2 Å². The Balaban J connectivity index is 0.000000749. The summed E-state index contributed by atoms with van der Waals surface area (Å²) in [7, 11) is -2.18. The molecule has 0 radical (unpaired) electrons. The predicted octanol–water partition coefficient (Wildman–Crippen LogP) is 3.09. The van der Waals surface area contributed by atoms with Gasteiger partial charge in [-0.3, -0.25) is 0 Å². The lowest BCUT2D eigenvalue weighted by molar-refractivity contribution is -0.668. The first-order chi connectivity index (χ1) is 12.7. The van der Waals surface area contributed by atoms with E-state index >= 15 is 0 Å². The number of nitrogens with zero attached hydrogens (tertiary/aromatic N) is 2. The zero-order valence-corrected chi connectivity index (χ0v) is 15.6. The summed E-state index contributed by atoms with van der Waals surface area (Å²) in [6.45, 7) is 0. The standard InChI is InChI=1S/C13H10F9N2.CH4O3S/c1-23-7-5-3-4-6-8(7)24(2)9(23)10(14,15)11(16,17)12(18,19)13(20,21)22;1-5(2,3)4/h3-6H,1-2H3;1H3,(H,2,3,4)/q+1;/p-1. The number of benzene rings is 1. The largest absolute Gasteiger partial charge is 0.748 e. The van der Waals surface area contributed by atoms with Crippen LogP contribution < -0.4 is 4.57 Å². The fourth-order valence-electron chi connectivity index (χ4n) is 2.42. The Labute approximate surface area is 158 Å². The summed E-state index contributed by atoms with van der Waals surface area (Å²) in [5.41, 5.74) is -0.0819. The van der Waals surface area contributed by atoms with Crippen LogP contribution in [-0.4, -0.2) is 41.8 Å². The molecule has 0 aliphatic rings. The van der Waals surface area contributed by atoms with Crippen molar-refractivity contribution in [3.63, 3.8) is 0 Å². The van der Waals surface area contributed by atoms with Crippen LogP contribution in [0.25, 0.3) is 11.0 Å². The molecule has 1 aromatic carbocycles. The number of alkyl halides is 9. The number of hydrogen-bond acceptors (Lipinski definition) is 3. The SMILES string of the molecule is CS(=O)(=O)[O-].Cn1c(C(F)(F)C(F)(F)C(F)(F)C(F)(F)F)[n+](C)c2ccccc21. The maximum Gasteiger partial charge on any atom is 0.460 e. The topological polar surface area (TPSA) is 66.0 Å². The Morgan fingerprint density at radius 2 is 1.34 bits per heavy atom. The molecule has 0 aliphatic carbocycles. The minimum atomic E-state index is -6.92. The van der Waals surface area contributed by atoms with Gasteiger partial charge in [-0.2, -0.15) is 39.5 Å². The lowest BCUT2D eigenvalue weighted by Crippen LogP contribution is -2.62. The Kier molecular flexibility index (Phi) is 6.33. The van der Waals surface area contributed by atoms with Crippen LogP contribution in [0.2, 0.25) is 0 Å². The van der Waals surface area contributed by atoms with Crippen LogP contribution in [0.4, 0.5) is 39.5 Å². The molecule has 5 nitrogen and oxygen atoms in total. The molecule has 15 heteroatoms. The summed E-state index contributed by atoms with van der Waals surface area (Å²) >= 11 is 0.